The van der Waals surface area contributed by atoms with Gasteiger partial charge >= 0.3 is 0 Å². The fourth-order valence-corrected chi connectivity index (χ4v) is 4.33. The lowest BCUT2D eigenvalue weighted by Gasteiger charge is -2.09. The topological polar surface area (TPSA) is 47.2 Å². The normalized spacial score (nSPS) is 14.5. The summed E-state index contributed by atoms with van der Waals surface area (Å²) in [5.41, 5.74) is 1.85. The standard InChI is InChI=1S/C17H14ClN3OS/c18-13-7-3-1-5-11(13)9-20-21-10-19-16-15(17(21)22)12-6-2-4-8-14(12)23-16/h1,3,5,7,9-10H,2,4,6,8H2/b20-9-. The molecule has 0 saturated carbocycles. The van der Waals surface area contributed by atoms with Crippen molar-refractivity contribution in [3.05, 3.63) is 62.0 Å². The van der Waals surface area contributed by atoms with Gasteiger partial charge < -0.3 is 0 Å². The van der Waals surface area contributed by atoms with Crippen molar-refractivity contribution in [1.29, 1.82) is 0 Å². The highest BCUT2D eigenvalue weighted by molar-refractivity contribution is 7.18. The molecular formula is C17H14ClN3OS. The summed E-state index contributed by atoms with van der Waals surface area (Å²) in [6, 6.07) is 7.39. The Morgan fingerprint density at radius 1 is 1.26 bits per heavy atom. The third-order valence-electron chi connectivity index (χ3n) is 4.09. The van der Waals surface area contributed by atoms with Crippen molar-refractivity contribution in [2.75, 3.05) is 0 Å². The van der Waals surface area contributed by atoms with Gasteiger partial charge in [-0.15, -0.1) is 11.3 Å². The number of aryl methyl sites for hydroxylation is 2. The molecule has 23 heavy (non-hydrogen) atoms. The van der Waals surface area contributed by atoms with E-state index in [0.717, 1.165) is 35.0 Å². The van der Waals surface area contributed by atoms with Crippen LogP contribution >= 0.6 is 22.9 Å². The van der Waals surface area contributed by atoms with Crippen molar-refractivity contribution in [2.45, 2.75) is 25.7 Å². The number of benzene rings is 1. The number of fused-ring (bicyclic) bond motifs is 3. The lowest BCUT2D eigenvalue weighted by Crippen LogP contribution is -2.18. The number of hydrogen-bond donors (Lipinski definition) is 0. The van der Waals surface area contributed by atoms with Crippen molar-refractivity contribution < 1.29 is 0 Å². The summed E-state index contributed by atoms with van der Waals surface area (Å²) in [6.07, 6.45) is 7.42. The van der Waals surface area contributed by atoms with E-state index in [1.807, 2.05) is 18.2 Å². The first-order valence-corrected chi connectivity index (χ1v) is 8.74. The van der Waals surface area contributed by atoms with Crippen LogP contribution in [0.4, 0.5) is 0 Å². The molecule has 0 fully saturated rings. The van der Waals surface area contributed by atoms with Crippen molar-refractivity contribution >= 4 is 39.4 Å². The molecule has 0 atom stereocenters. The molecule has 0 bridgehead atoms. The van der Waals surface area contributed by atoms with Crippen molar-refractivity contribution in [3.8, 4) is 0 Å². The van der Waals surface area contributed by atoms with Crippen LogP contribution in [0.3, 0.4) is 0 Å². The van der Waals surface area contributed by atoms with E-state index < -0.39 is 0 Å². The van der Waals surface area contributed by atoms with Crippen LogP contribution in [0.2, 0.25) is 5.02 Å². The fourth-order valence-electron chi connectivity index (χ4n) is 2.92. The number of nitrogens with zero attached hydrogens (tertiary/aromatic N) is 3. The molecule has 0 N–H and O–H groups in total. The van der Waals surface area contributed by atoms with Crippen LogP contribution in [0, 0.1) is 0 Å². The summed E-state index contributed by atoms with van der Waals surface area (Å²) < 4.78 is 1.30. The van der Waals surface area contributed by atoms with E-state index in [1.54, 1.807) is 23.6 Å². The Balaban J connectivity index is 1.81. The van der Waals surface area contributed by atoms with Gasteiger partial charge in [0.15, 0.2) is 0 Å². The summed E-state index contributed by atoms with van der Waals surface area (Å²) in [6.45, 7) is 0. The van der Waals surface area contributed by atoms with E-state index in [-0.39, 0.29) is 5.56 Å². The second kappa shape index (κ2) is 5.91. The van der Waals surface area contributed by atoms with E-state index in [0.29, 0.717) is 5.02 Å². The Morgan fingerprint density at radius 2 is 2.09 bits per heavy atom. The summed E-state index contributed by atoms with van der Waals surface area (Å²) >= 11 is 7.75. The van der Waals surface area contributed by atoms with Gasteiger partial charge in [-0.3, -0.25) is 4.79 Å². The Labute approximate surface area is 142 Å². The average molecular weight is 344 g/mol. The lowest BCUT2D eigenvalue weighted by molar-refractivity contribution is 0.699. The van der Waals surface area contributed by atoms with Crippen LogP contribution in [0.15, 0.2) is 40.5 Å². The highest BCUT2D eigenvalue weighted by atomic mass is 35.5. The molecule has 0 amide bonds. The smallest absolute Gasteiger partial charge is 0.267 e. The summed E-state index contributed by atoms with van der Waals surface area (Å²) in [7, 11) is 0. The van der Waals surface area contributed by atoms with Crippen LogP contribution < -0.4 is 5.56 Å². The van der Waals surface area contributed by atoms with Gasteiger partial charge in [0.25, 0.3) is 5.56 Å². The van der Waals surface area contributed by atoms with Crippen LogP contribution in [0.1, 0.15) is 28.8 Å². The molecular weight excluding hydrogens is 330 g/mol. The van der Waals surface area contributed by atoms with Gasteiger partial charge in [0.05, 0.1) is 11.6 Å². The molecule has 4 nitrogen and oxygen atoms in total. The van der Waals surface area contributed by atoms with Crippen LogP contribution in [-0.2, 0) is 12.8 Å². The summed E-state index contributed by atoms with van der Waals surface area (Å²) in [5.74, 6) is 0. The Morgan fingerprint density at radius 3 is 2.96 bits per heavy atom. The monoisotopic (exact) mass is 343 g/mol. The molecule has 0 spiro atoms. The van der Waals surface area contributed by atoms with Gasteiger partial charge in [-0.1, -0.05) is 29.8 Å². The van der Waals surface area contributed by atoms with E-state index >= 15 is 0 Å². The predicted molar refractivity (Wildman–Crippen MR) is 95.0 cm³/mol. The van der Waals surface area contributed by atoms with Crippen molar-refractivity contribution in [1.82, 2.24) is 9.66 Å². The number of thiophene rings is 1. The highest BCUT2D eigenvalue weighted by Crippen LogP contribution is 2.33. The third kappa shape index (κ3) is 2.60. The molecule has 116 valence electrons. The van der Waals surface area contributed by atoms with E-state index in [9.17, 15) is 4.79 Å². The maximum atomic E-state index is 12.8. The molecule has 4 rings (SSSR count). The molecule has 1 aliphatic carbocycles. The zero-order valence-corrected chi connectivity index (χ0v) is 13.9. The molecule has 0 radical (unpaired) electrons. The molecule has 1 aromatic carbocycles. The lowest BCUT2D eigenvalue weighted by atomic mass is 9.97. The van der Waals surface area contributed by atoms with E-state index in [4.69, 9.17) is 11.6 Å². The minimum atomic E-state index is -0.0993. The molecule has 3 aromatic rings. The SMILES string of the molecule is O=c1c2c3c(sc2ncn1/N=C\c1ccccc1Cl)CCCC3. The average Bonchev–Trinajstić information content (AvgIpc) is 2.95. The molecule has 1 aliphatic rings. The summed E-state index contributed by atoms with van der Waals surface area (Å²) in [5, 5.41) is 5.59. The minimum Gasteiger partial charge on any atom is -0.267 e. The highest BCUT2D eigenvalue weighted by Gasteiger charge is 2.19. The van der Waals surface area contributed by atoms with Gasteiger partial charge in [0.1, 0.15) is 11.2 Å². The molecule has 2 aromatic heterocycles. The van der Waals surface area contributed by atoms with Gasteiger partial charge in [-0.2, -0.15) is 9.78 Å². The minimum absolute atomic E-state index is 0.0993. The number of hydrogen-bond acceptors (Lipinski definition) is 4. The fraction of sp³-hybridized carbons (Fsp3) is 0.235. The number of aromatic nitrogens is 2. The van der Waals surface area contributed by atoms with Crippen molar-refractivity contribution in [2.24, 2.45) is 5.10 Å². The van der Waals surface area contributed by atoms with E-state index in [2.05, 4.69) is 10.1 Å². The second-order valence-electron chi connectivity index (χ2n) is 5.55. The predicted octanol–water partition coefficient (Wildman–Crippen LogP) is 3.87. The third-order valence-corrected chi connectivity index (χ3v) is 5.63. The largest absolute Gasteiger partial charge is 0.282 e. The Bertz CT molecular complexity index is 974. The Hall–Kier alpha value is -1.98. The quantitative estimate of drug-likeness (QED) is 0.663. The molecule has 6 heteroatoms. The first kappa shape index (κ1) is 14.6. The second-order valence-corrected chi connectivity index (χ2v) is 7.04. The molecule has 0 aliphatic heterocycles. The first-order chi connectivity index (χ1) is 11.2. The van der Waals surface area contributed by atoms with Crippen LogP contribution in [0.5, 0.6) is 0 Å². The maximum absolute atomic E-state index is 12.8. The first-order valence-electron chi connectivity index (χ1n) is 7.55. The zero-order valence-electron chi connectivity index (χ0n) is 12.3. The van der Waals surface area contributed by atoms with Crippen LogP contribution in [0.25, 0.3) is 10.2 Å². The maximum Gasteiger partial charge on any atom is 0.282 e. The van der Waals surface area contributed by atoms with Gasteiger partial charge in [-0.05, 0) is 37.3 Å². The van der Waals surface area contributed by atoms with Crippen molar-refractivity contribution in [3.63, 3.8) is 0 Å². The number of rotatable bonds is 2. The molecule has 0 unspecified atom stereocenters. The summed E-state index contributed by atoms with van der Waals surface area (Å²) in [4.78, 5) is 19.3. The number of halogens is 1. The molecule has 0 saturated heterocycles. The van der Waals surface area contributed by atoms with Gasteiger partial charge in [0, 0.05) is 15.5 Å². The van der Waals surface area contributed by atoms with E-state index in [1.165, 1.54) is 27.9 Å². The Kier molecular flexibility index (Phi) is 3.75. The zero-order chi connectivity index (χ0) is 15.8. The van der Waals surface area contributed by atoms with Crippen LogP contribution in [-0.4, -0.2) is 15.9 Å². The van der Waals surface area contributed by atoms with Gasteiger partial charge in [-0.25, -0.2) is 4.98 Å². The van der Waals surface area contributed by atoms with Gasteiger partial charge in [0.2, 0.25) is 0 Å². The molecule has 2 heterocycles.